The number of hydroxylamine groups is 2. The number of ether oxygens (including phenoxy) is 1. The summed E-state index contributed by atoms with van der Waals surface area (Å²) in [6, 6.07) is -1.56. The number of amides is 3. The number of nitrogens with two attached hydrogens (primary N) is 1. The third-order valence-electron chi connectivity index (χ3n) is 3.21. The highest BCUT2D eigenvalue weighted by Crippen LogP contribution is 2.29. The fraction of sp³-hybridized carbons (Fsp3) is 0.583. The maximum atomic E-state index is 12.2. The summed E-state index contributed by atoms with van der Waals surface area (Å²) in [5, 5.41) is 1.09. The van der Waals surface area contributed by atoms with Crippen molar-refractivity contribution in [3.8, 4) is 0 Å². The van der Waals surface area contributed by atoms with Gasteiger partial charge in [0.1, 0.15) is 6.04 Å². The summed E-state index contributed by atoms with van der Waals surface area (Å²) >= 11 is 0. The van der Waals surface area contributed by atoms with Gasteiger partial charge in [-0.1, -0.05) is 6.08 Å². The van der Waals surface area contributed by atoms with E-state index in [4.69, 9.17) is 15.3 Å². The Hall–Kier alpha value is -2.09. The van der Waals surface area contributed by atoms with Gasteiger partial charge in [-0.2, -0.15) is 5.06 Å². The van der Waals surface area contributed by atoms with Crippen LogP contribution in [0.25, 0.3) is 0 Å². The molecule has 1 fully saturated rings. The standard InChI is InChI=1S/C12H17N3O5/c1-3-19-9(16)6-20-15-8-4-7(2)10(11(13)17)14(5-8)12(15)18/h4,8,10H,3,5-6H2,1-2H3,(H2,13,17)/t8-,10+/m1/s1. The molecule has 2 N–H and O–H groups in total. The third-order valence-corrected chi connectivity index (χ3v) is 3.21. The second-order valence-corrected chi connectivity index (χ2v) is 4.62. The number of esters is 1. The molecule has 0 aromatic rings. The van der Waals surface area contributed by atoms with Crippen molar-refractivity contribution in [3.63, 3.8) is 0 Å². The summed E-state index contributed by atoms with van der Waals surface area (Å²) < 4.78 is 4.72. The van der Waals surface area contributed by atoms with Crippen LogP contribution >= 0.6 is 0 Å². The zero-order valence-corrected chi connectivity index (χ0v) is 11.4. The second kappa shape index (κ2) is 5.49. The molecule has 0 radical (unpaired) electrons. The molecule has 2 bridgehead atoms. The lowest BCUT2D eigenvalue weighted by Gasteiger charge is -2.27. The van der Waals surface area contributed by atoms with Crippen LogP contribution in [0.5, 0.6) is 0 Å². The Morgan fingerprint density at radius 3 is 2.80 bits per heavy atom. The van der Waals surface area contributed by atoms with Crippen LogP contribution in [0.15, 0.2) is 11.6 Å². The molecular formula is C12H17N3O5. The molecule has 2 heterocycles. The van der Waals surface area contributed by atoms with Crippen LogP contribution in [0.2, 0.25) is 0 Å². The quantitative estimate of drug-likeness (QED) is 0.536. The molecule has 20 heavy (non-hydrogen) atoms. The lowest BCUT2D eigenvalue weighted by molar-refractivity contribution is -0.169. The van der Waals surface area contributed by atoms with Crippen molar-refractivity contribution in [2.75, 3.05) is 19.8 Å². The van der Waals surface area contributed by atoms with E-state index in [1.165, 1.54) is 4.90 Å². The second-order valence-electron chi connectivity index (χ2n) is 4.62. The van der Waals surface area contributed by atoms with Crippen molar-refractivity contribution in [1.29, 1.82) is 0 Å². The number of primary amides is 1. The fourth-order valence-corrected chi connectivity index (χ4v) is 2.45. The van der Waals surface area contributed by atoms with E-state index in [1.807, 2.05) is 0 Å². The molecule has 0 spiro atoms. The Labute approximate surface area is 116 Å². The number of rotatable bonds is 5. The summed E-state index contributed by atoms with van der Waals surface area (Å²) in [5.74, 6) is -1.14. The normalized spacial score (nSPS) is 24.7. The van der Waals surface area contributed by atoms with Crippen LogP contribution in [0.1, 0.15) is 13.8 Å². The summed E-state index contributed by atoms with van der Waals surface area (Å²) in [5.41, 5.74) is 6.00. The van der Waals surface area contributed by atoms with E-state index in [2.05, 4.69) is 0 Å². The molecule has 110 valence electrons. The molecule has 0 unspecified atom stereocenters. The van der Waals surface area contributed by atoms with Crippen molar-refractivity contribution >= 4 is 17.9 Å². The van der Waals surface area contributed by atoms with E-state index in [0.717, 1.165) is 5.06 Å². The van der Waals surface area contributed by atoms with Crippen LogP contribution in [-0.4, -0.2) is 59.7 Å². The summed E-state index contributed by atoms with van der Waals surface area (Å²) in [6.45, 7) is 3.62. The minimum absolute atomic E-state index is 0.244. The molecule has 1 saturated heterocycles. The molecule has 0 aromatic heterocycles. The first kappa shape index (κ1) is 14.3. The van der Waals surface area contributed by atoms with Gasteiger partial charge in [-0.25, -0.2) is 9.59 Å². The maximum Gasteiger partial charge on any atom is 0.345 e. The van der Waals surface area contributed by atoms with E-state index in [-0.39, 0.29) is 19.3 Å². The number of hydrogen-bond acceptors (Lipinski definition) is 5. The fourth-order valence-electron chi connectivity index (χ4n) is 2.45. The largest absolute Gasteiger partial charge is 0.464 e. The van der Waals surface area contributed by atoms with Crippen LogP contribution in [0.3, 0.4) is 0 Å². The predicted octanol–water partition coefficient (Wildman–Crippen LogP) is -0.599. The van der Waals surface area contributed by atoms with Crippen LogP contribution in [0, 0.1) is 0 Å². The molecule has 2 atom stereocenters. The molecule has 2 aliphatic rings. The predicted molar refractivity (Wildman–Crippen MR) is 67.1 cm³/mol. The minimum Gasteiger partial charge on any atom is -0.464 e. The highest BCUT2D eigenvalue weighted by molar-refractivity contribution is 5.90. The average Bonchev–Trinajstić information content (AvgIpc) is 2.60. The van der Waals surface area contributed by atoms with E-state index in [1.54, 1.807) is 19.9 Å². The van der Waals surface area contributed by atoms with Gasteiger partial charge >= 0.3 is 12.0 Å². The molecule has 8 heteroatoms. The molecule has 0 saturated carbocycles. The van der Waals surface area contributed by atoms with Gasteiger partial charge in [-0.3, -0.25) is 9.63 Å². The van der Waals surface area contributed by atoms with Gasteiger partial charge < -0.3 is 15.4 Å². The summed E-state index contributed by atoms with van der Waals surface area (Å²) in [6.07, 6.45) is 1.75. The number of hydrogen-bond donors (Lipinski definition) is 1. The Morgan fingerprint density at radius 1 is 1.50 bits per heavy atom. The van der Waals surface area contributed by atoms with Gasteiger partial charge in [0.15, 0.2) is 6.61 Å². The Morgan fingerprint density at radius 2 is 2.20 bits per heavy atom. The van der Waals surface area contributed by atoms with Gasteiger partial charge in [0.2, 0.25) is 5.91 Å². The molecule has 3 amide bonds. The number of urea groups is 1. The average molecular weight is 283 g/mol. The number of carbonyl (C=O) groups is 3. The Bertz CT molecular complexity index is 476. The zero-order chi connectivity index (χ0) is 14.9. The smallest absolute Gasteiger partial charge is 0.345 e. The molecule has 0 aliphatic carbocycles. The highest BCUT2D eigenvalue weighted by atomic mass is 16.7. The van der Waals surface area contributed by atoms with Crippen molar-refractivity contribution in [1.82, 2.24) is 9.96 Å². The van der Waals surface area contributed by atoms with Gasteiger partial charge in [-0.05, 0) is 19.4 Å². The zero-order valence-electron chi connectivity index (χ0n) is 11.4. The molecule has 2 aliphatic heterocycles. The molecule has 0 aromatic carbocycles. The highest BCUT2D eigenvalue weighted by Gasteiger charge is 2.47. The van der Waals surface area contributed by atoms with Crippen molar-refractivity contribution in [2.24, 2.45) is 5.73 Å². The van der Waals surface area contributed by atoms with Gasteiger partial charge in [0.05, 0.1) is 19.2 Å². The lowest BCUT2D eigenvalue weighted by Crippen LogP contribution is -2.48. The molecule has 2 rings (SSSR count). The Kier molecular flexibility index (Phi) is 3.93. The summed E-state index contributed by atoms with van der Waals surface area (Å²) in [7, 11) is 0. The first-order chi connectivity index (χ1) is 9.45. The van der Waals surface area contributed by atoms with E-state index in [0.29, 0.717) is 12.1 Å². The van der Waals surface area contributed by atoms with Crippen LogP contribution in [-0.2, 0) is 19.2 Å². The van der Waals surface area contributed by atoms with Gasteiger partial charge in [0.25, 0.3) is 0 Å². The van der Waals surface area contributed by atoms with Gasteiger partial charge in [-0.15, -0.1) is 0 Å². The SMILES string of the molecule is CCOC(=O)CON1C(=O)N2C[C@H]1C=C(C)[C@H]2C(N)=O. The minimum atomic E-state index is -0.755. The number of nitrogens with zero attached hydrogens (tertiary/aromatic N) is 2. The van der Waals surface area contributed by atoms with Crippen LogP contribution < -0.4 is 5.73 Å². The van der Waals surface area contributed by atoms with Crippen molar-refractivity contribution < 1.29 is 24.0 Å². The molecule has 8 nitrogen and oxygen atoms in total. The third kappa shape index (κ3) is 2.46. The van der Waals surface area contributed by atoms with Crippen LogP contribution in [0.4, 0.5) is 4.79 Å². The van der Waals surface area contributed by atoms with Crippen molar-refractivity contribution in [2.45, 2.75) is 25.9 Å². The maximum absolute atomic E-state index is 12.2. The first-order valence-corrected chi connectivity index (χ1v) is 6.31. The first-order valence-electron chi connectivity index (χ1n) is 6.31. The van der Waals surface area contributed by atoms with E-state index >= 15 is 0 Å². The Balaban J connectivity index is 2.06. The van der Waals surface area contributed by atoms with E-state index < -0.39 is 23.9 Å². The van der Waals surface area contributed by atoms with Gasteiger partial charge in [0, 0.05) is 0 Å². The number of carbonyl (C=O) groups excluding carboxylic acids is 3. The van der Waals surface area contributed by atoms with Crippen molar-refractivity contribution in [3.05, 3.63) is 11.6 Å². The lowest BCUT2D eigenvalue weighted by atomic mass is 10.0. The summed E-state index contributed by atoms with van der Waals surface area (Å²) in [4.78, 5) is 41.3. The monoisotopic (exact) mass is 283 g/mol. The topological polar surface area (TPSA) is 102 Å². The number of fused-ring (bicyclic) bond motifs is 2. The molecular weight excluding hydrogens is 266 g/mol. The van der Waals surface area contributed by atoms with E-state index in [9.17, 15) is 14.4 Å².